The van der Waals surface area contributed by atoms with Gasteiger partial charge in [-0.25, -0.2) is 13.1 Å². The highest BCUT2D eigenvalue weighted by atomic mass is 32.2. The topological polar surface area (TPSA) is 80.6 Å². The normalized spacial score (nSPS) is 25.4. The van der Waals surface area contributed by atoms with Gasteiger partial charge in [0.25, 0.3) is 10.0 Å². The monoisotopic (exact) mass is 302 g/mol. The van der Waals surface area contributed by atoms with Crippen LogP contribution in [0.4, 0.5) is 0 Å². The molecule has 0 amide bonds. The first kappa shape index (κ1) is 15.5. The third-order valence-corrected chi connectivity index (χ3v) is 5.44. The average molecular weight is 302 g/mol. The molecule has 7 heteroatoms. The highest BCUT2D eigenvalue weighted by Gasteiger charge is 2.48. The van der Waals surface area contributed by atoms with Gasteiger partial charge in [0, 0.05) is 18.6 Å². The summed E-state index contributed by atoms with van der Waals surface area (Å²) in [5.74, 6) is 0.607. The lowest BCUT2D eigenvalue weighted by molar-refractivity contribution is -0.0982. The number of sulfonamides is 1. The summed E-state index contributed by atoms with van der Waals surface area (Å²) in [6, 6.07) is 3.48. The highest BCUT2D eigenvalue weighted by molar-refractivity contribution is 7.89. The molecule has 1 aromatic rings. The summed E-state index contributed by atoms with van der Waals surface area (Å²) in [4.78, 5) is 0. The van der Waals surface area contributed by atoms with Crippen molar-refractivity contribution in [2.24, 2.45) is 5.41 Å². The molecule has 2 rings (SSSR count). The van der Waals surface area contributed by atoms with Crippen molar-refractivity contribution in [1.82, 2.24) is 10.0 Å². The van der Waals surface area contributed by atoms with E-state index in [4.69, 9.17) is 9.15 Å². The van der Waals surface area contributed by atoms with E-state index in [0.717, 1.165) is 6.42 Å². The summed E-state index contributed by atoms with van der Waals surface area (Å²) in [6.07, 6.45) is 1.21. The molecule has 1 aromatic heterocycles. The lowest BCUT2D eigenvalue weighted by Crippen LogP contribution is -2.60. The Bertz CT molecular complexity index is 565. The Labute approximate surface area is 119 Å². The maximum absolute atomic E-state index is 11.6. The van der Waals surface area contributed by atoms with Gasteiger partial charge in [-0.1, -0.05) is 13.8 Å². The molecule has 0 radical (unpaired) electrons. The second-order valence-electron chi connectivity index (χ2n) is 5.64. The molecule has 2 N–H and O–H groups in total. The molecule has 2 unspecified atom stereocenters. The Hall–Kier alpha value is -0.890. The van der Waals surface area contributed by atoms with E-state index in [9.17, 15) is 8.42 Å². The molecule has 1 aliphatic carbocycles. The van der Waals surface area contributed by atoms with Crippen LogP contribution >= 0.6 is 0 Å². The second kappa shape index (κ2) is 5.48. The van der Waals surface area contributed by atoms with Gasteiger partial charge in [0.15, 0.2) is 0 Å². The van der Waals surface area contributed by atoms with E-state index in [2.05, 4.69) is 23.9 Å². The van der Waals surface area contributed by atoms with Gasteiger partial charge >= 0.3 is 0 Å². The molecule has 1 aliphatic rings. The zero-order valence-corrected chi connectivity index (χ0v) is 13.1. The van der Waals surface area contributed by atoms with Crippen molar-refractivity contribution in [2.45, 2.75) is 44.1 Å². The summed E-state index contributed by atoms with van der Waals surface area (Å²) in [6.45, 7) is 4.81. The van der Waals surface area contributed by atoms with Crippen LogP contribution in [0.2, 0.25) is 0 Å². The van der Waals surface area contributed by atoms with Crippen molar-refractivity contribution in [3.05, 3.63) is 17.9 Å². The molecule has 1 heterocycles. The van der Waals surface area contributed by atoms with Crippen LogP contribution in [-0.4, -0.2) is 34.7 Å². The second-order valence-corrected chi connectivity index (χ2v) is 7.46. The van der Waals surface area contributed by atoms with E-state index < -0.39 is 10.0 Å². The van der Waals surface area contributed by atoms with E-state index in [-0.39, 0.29) is 16.6 Å². The number of hydrogen-bond donors (Lipinski definition) is 2. The van der Waals surface area contributed by atoms with Gasteiger partial charge in [-0.05, 0) is 25.6 Å². The van der Waals surface area contributed by atoms with Gasteiger partial charge in [0.2, 0.25) is 5.09 Å². The molecule has 0 saturated heterocycles. The van der Waals surface area contributed by atoms with Crippen LogP contribution in [0.15, 0.2) is 21.6 Å². The maximum atomic E-state index is 11.6. The van der Waals surface area contributed by atoms with Crippen LogP contribution in [-0.2, 0) is 21.3 Å². The number of ether oxygens (including phenoxy) is 1. The molecule has 1 fully saturated rings. The van der Waals surface area contributed by atoms with Crippen molar-refractivity contribution in [3.8, 4) is 0 Å². The molecule has 20 heavy (non-hydrogen) atoms. The van der Waals surface area contributed by atoms with Crippen molar-refractivity contribution < 1.29 is 17.6 Å². The number of hydrogen-bond acceptors (Lipinski definition) is 5. The molecule has 1 saturated carbocycles. The summed E-state index contributed by atoms with van der Waals surface area (Å²) in [5, 5.41) is 3.33. The van der Waals surface area contributed by atoms with Crippen molar-refractivity contribution >= 4 is 10.0 Å². The quantitative estimate of drug-likeness (QED) is 0.822. The smallest absolute Gasteiger partial charge is 0.273 e. The molecule has 0 bridgehead atoms. The Morgan fingerprint density at radius 1 is 1.45 bits per heavy atom. The van der Waals surface area contributed by atoms with Crippen molar-refractivity contribution in [2.75, 3.05) is 14.2 Å². The first-order valence-corrected chi connectivity index (χ1v) is 8.08. The third kappa shape index (κ3) is 2.76. The summed E-state index contributed by atoms with van der Waals surface area (Å²) in [7, 11) is -0.423. The molecular weight excluding hydrogens is 280 g/mol. The van der Waals surface area contributed by atoms with Crippen LogP contribution in [0.25, 0.3) is 0 Å². The van der Waals surface area contributed by atoms with E-state index >= 15 is 0 Å². The molecule has 0 aliphatic heterocycles. The molecule has 0 aromatic carbocycles. The van der Waals surface area contributed by atoms with E-state index in [1.807, 2.05) is 0 Å². The van der Waals surface area contributed by atoms with E-state index in [1.165, 1.54) is 13.1 Å². The Morgan fingerprint density at radius 2 is 2.15 bits per heavy atom. The highest BCUT2D eigenvalue weighted by Crippen LogP contribution is 2.42. The fourth-order valence-electron chi connectivity index (χ4n) is 2.55. The first-order valence-electron chi connectivity index (χ1n) is 6.59. The third-order valence-electron chi connectivity index (χ3n) is 4.16. The molecule has 0 spiro atoms. The standard InChI is InChI=1S/C13H22N2O4S/c1-13(2)10(7-11(13)18-4)15-8-9-5-6-12(19-9)20(16,17)14-3/h5-6,10-11,14-15H,7-8H2,1-4H3. The minimum absolute atomic E-state index is 0.0561. The molecule has 114 valence electrons. The lowest BCUT2D eigenvalue weighted by atomic mass is 9.64. The first-order chi connectivity index (χ1) is 9.31. The van der Waals surface area contributed by atoms with Crippen molar-refractivity contribution in [3.63, 3.8) is 0 Å². The fraction of sp³-hybridized carbons (Fsp3) is 0.692. The number of rotatable bonds is 6. The largest absolute Gasteiger partial charge is 0.447 e. The fourth-order valence-corrected chi connectivity index (χ4v) is 3.22. The van der Waals surface area contributed by atoms with Crippen molar-refractivity contribution in [1.29, 1.82) is 0 Å². The maximum Gasteiger partial charge on any atom is 0.273 e. The van der Waals surface area contributed by atoms with Crippen LogP contribution < -0.4 is 10.0 Å². The summed E-state index contributed by atoms with van der Waals surface area (Å²) in [5.41, 5.74) is 0.0707. The van der Waals surface area contributed by atoms with Crippen LogP contribution in [0, 0.1) is 5.41 Å². The Morgan fingerprint density at radius 3 is 2.70 bits per heavy atom. The minimum Gasteiger partial charge on any atom is -0.447 e. The SMILES string of the molecule is CNS(=O)(=O)c1ccc(CNC2CC(OC)C2(C)C)o1. The van der Waals surface area contributed by atoms with Gasteiger partial charge in [0.1, 0.15) is 5.76 Å². The molecule has 6 nitrogen and oxygen atoms in total. The van der Waals surface area contributed by atoms with Gasteiger partial charge < -0.3 is 14.5 Å². The lowest BCUT2D eigenvalue weighted by Gasteiger charge is -2.51. The zero-order valence-electron chi connectivity index (χ0n) is 12.3. The minimum atomic E-state index is -3.51. The Kier molecular flexibility index (Phi) is 4.24. The van der Waals surface area contributed by atoms with Crippen LogP contribution in [0.1, 0.15) is 26.0 Å². The van der Waals surface area contributed by atoms with Crippen LogP contribution in [0.5, 0.6) is 0 Å². The number of furan rings is 1. The average Bonchev–Trinajstić information content (AvgIpc) is 2.87. The molecular formula is C13H22N2O4S. The molecule has 2 atom stereocenters. The van der Waals surface area contributed by atoms with E-state index in [0.29, 0.717) is 18.3 Å². The summed E-state index contributed by atoms with van der Waals surface area (Å²) >= 11 is 0. The van der Waals surface area contributed by atoms with Gasteiger partial charge in [-0.15, -0.1) is 0 Å². The van der Waals surface area contributed by atoms with Gasteiger partial charge in [-0.3, -0.25) is 0 Å². The number of methoxy groups -OCH3 is 1. The van der Waals surface area contributed by atoms with Crippen LogP contribution in [0.3, 0.4) is 0 Å². The predicted octanol–water partition coefficient (Wildman–Crippen LogP) is 1.09. The summed E-state index contributed by atoms with van der Waals surface area (Å²) < 4.78 is 36.1. The Balaban J connectivity index is 1.93. The van der Waals surface area contributed by atoms with Gasteiger partial charge in [0.05, 0.1) is 12.6 Å². The zero-order chi connectivity index (χ0) is 15.0. The predicted molar refractivity (Wildman–Crippen MR) is 74.8 cm³/mol. The number of nitrogens with one attached hydrogen (secondary N) is 2. The van der Waals surface area contributed by atoms with Gasteiger partial charge in [-0.2, -0.15) is 0 Å². The van der Waals surface area contributed by atoms with E-state index in [1.54, 1.807) is 13.2 Å².